The van der Waals surface area contributed by atoms with Crippen LogP contribution in [0.5, 0.6) is 5.75 Å². The Balaban J connectivity index is 1.78. The summed E-state index contributed by atoms with van der Waals surface area (Å²) in [5.41, 5.74) is 1.15. The quantitative estimate of drug-likeness (QED) is 0.614. The van der Waals surface area contributed by atoms with Crippen LogP contribution >= 0.6 is 0 Å². The van der Waals surface area contributed by atoms with Gasteiger partial charge in [-0.2, -0.15) is 0 Å². The van der Waals surface area contributed by atoms with E-state index in [1.165, 1.54) is 5.56 Å². The normalized spacial score (nSPS) is 12.0. The van der Waals surface area contributed by atoms with Gasteiger partial charge in [-0.25, -0.2) is 4.79 Å². The van der Waals surface area contributed by atoms with Gasteiger partial charge in [-0.3, -0.25) is 14.6 Å². The molecule has 0 aliphatic rings. The number of benzene rings is 1. The van der Waals surface area contributed by atoms with Gasteiger partial charge in [0.1, 0.15) is 5.75 Å². The highest BCUT2D eigenvalue weighted by molar-refractivity contribution is 5.76. The molecule has 2 aromatic rings. The first kappa shape index (κ1) is 21.5. The molecule has 1 aromatic heterocycles. The van der Waals surface area contributed by atoms with E-state index in [0.29, 0.717) is 11.3 Å². The maximum atomic E-state index is 12.2. The minimum atomic E-state index is -0.534. The standard InChI is InChI=1S/C21H29N3O4/c1-13(2)28-17-9-7-16(8-10-17)6-5-14(3)22-19(25)12-11-18-15(4)23-21(27)24-20(18)26/h7-10,13-14H,5-6,11-12H2,1-4H3,(H,22,25)(H2,23,24,26,27). The average Bonchev–Trinajstić information content (AvgIpc) is 2.59. The summed E-state index contributed by atoms with van der Waals surface area (Å²) in [6, 6.07) is 8.02. The largest absolute Gasteiger partial charge is 0.491 e. The van der Waals surface area contributed by atoms with Crippen LogP contribution in [0.15, 0.2) is 33.9 Å². The van der Waals surface area contributed by atoms with Crippen molar-refractivity contribution < 1.29 is 9.53 Å². The number of H-pyrrole nitrogens is 2. The van der Waals surface area contributed by atoms with Gasteiger partial charge in [0.25, 0.3) is 5.56 Å². The summed E-state index contributed by atoms with van der Waals surface area (Å²) in [4.78, 5) is 39.9. The van der Waals surface area contributed by atoms with Gasteiger partial charge in [0, 0.05) is 23.7 Å². The molecule has 28 heavy (non-hydrogen) atoms. The van der Waals surface area contributed by atoms with Crippen LogP contribution in [-0.2, 0) is 17.6 Å². The van der Waals surface area contributed by atoms with E-state index >= 15 is 0 Å². The number of aryl methyl sites for hydroxylation is 2. The molecule has 7 heteroatoms. The molecule has 2 rings (SSSR count). The second kappa shape index (κ2) is 9.92. The van der Waals surface area contributed by atoms with Crippen LogP contribution in [0.2, 0.25) is 0 Å². The Labute approximate surface area is 164 Å². The van der Waals surface area contributed by atoms with Crippen LogP contribution in [0.25, 0.3) is 0 Å². The molecule has 0 aliphatic heterocycles. The summed E-state index contributed by atoms with van der Waals surface area (Å²) in [6.45, 7) is 7.61. The Bertz CT molecular complexity index is 897. The molecule has 0 bridgehead atoms. The van der Waals surface area contributed by atoms with Gasteiger partial charge in [0.05, 0.1) is 6.10 Å². The van der Waals surface area contributed by atoms with E-state index in [-0.39, 0.29) is 30.9 Å². The fourth-order valence-corrected chi connectivity index (χ4v) is 2.97. The molecule has 3 N–H and O–H groups in total. The topological polar surface area (TPSA) is 104 Å². The summed E-state index contributed by atoms with van der Waals surface area (Å²) < 4.78 is 5.63. The van der Waals surface area contributed by atoms with Crippen molar-refractivity contribution in [1.29, 1.82) is 0 Å². The molecule has 0 saturated carbocycles. The SMILES string of the molecule is Cc1[nH]c(=O)[nH]c(=O)c1CCC(=O)NC(C)CCc1ccc(OC(C)C)cc1. The second-order valence-corrected chi connectivity index (χ2v) is 7.33. The summed E-state index contributed by atoms with van der Waals surface area (Å²) in [6.07, 6.45) is 2.29. The van der Waals surface area contributed by atoms with E-state index in [4.69, 9.17) is 4.74 Å². The van der Waals surface area contributed by atoms with Gasteiger partial charge in [0.2, 0.25) is 5.91 Å². The third-order valence-electron chi connectivity index (χ3n) is 4.43. The molecule has 7 nitrogen and oxygen atoms in total. The minimum Gasteiger partial charge on any atom is -0.491 e. The minimum absolute atomic E-state index is 0.0223. The molecule has 0 saturated heterocycles. The molecule has 1 heterocycles. The molecular formula is C21H29N3O4. The average molecular weight is 387 g/mol. The number of carbonyl (C=O) groups is 1. The van der Waals surface area contributed by atoms with E-state index < -0.39 is 11.2 Å². The van der Waals surface area contributed by atoms with Gasteiger partial charge in [-0.05, 0) is 64.7 Å². The number of nitrogens with one attached hydrogen (secondary N) is 3. The number of rotatable bonds is 9. The third-order valence-corrected chi connectivity index (χ3v) is 4.43. The van der Waals surface area contributed by atoms with Crippen LogP contribution in [-0.4, -0.2) is 28.0 Å². The van der Waals surface area contributed by atoms with Crippen LogP contribution < -0.4 is 21.3 Å². The zero-order valence-corrected chi connectivity index (χ0v) is 16.9. The molecular weight excluding hydrogens is 358 g/mol. The number of carbonyl (C=O) groups excluding carboxylic acids is 1. The van der Waals surface area contributed by atoms with Crippen molar-refractivity contribution in [1.82, 2.24) is 15.3 Å². The van der Waals surface area contributed by atoms with Crippen molar-refractivity contribution in [3.8, 4) is 5.75 Å². The predicted octanol–water partition coefficient (Wildman–Crippen LogP) is 2.23. The summed E-state index contributed by atoms with van der Waals surface area (Å²) >= 11 is 0. The van der Waals surface area contributed by atoms with Crippen LogP contribution in [0.3, 0.4) is 0 Å². The number of aromatic nitrogens is 2. The fraction of sp³-hybridized carbons (Fsp3) is 0.476. The van der Waals surface area contributed by atoms with E-state index in [2.05, 4.69) is 15.3 Å². The van der Waals surface area contributed by atoms with Crippen molar-refractivity contribution in [2.45, 2.75) is 65.5 Å². The zero-order chi connectivity index (χ0) is 20.7. The molecule has 1 aromatic carbocycles. The highest BCUT2D eigenvalue weighted by Crippen LogP contribution is 2.15. The number of aromatic amines is 2. The highest BCUT2D eigenvalue weighted by Gasteiger charge is 2.11. The molecule has 0 fully saturated rings. The fourth-order valence-electron chi connectivity index (χ4n) is 2.97. The molecule has 1 amide bonds. The lowest BCUT2D eigenvalue weighted by atomic mass is 10.1. The second-order valence-electron chi connectivity index (χ2n) is 7.33. The molecule has 0 aliphatic carbocycles. The Morgan fingerprint density at radius 1 is 1.07 bits per heavy atom. The summed E-state index contributed by atoms with van der Waals surface area (Å²) in [5.74, 6) is 0.742. The van der Waals surface area contributed by atoms with Gasteiger partial charge in [0.15, 0.2) is 0 Å². The van der Waals surface area contributed by atoms with Gasteiger partial charge < -0.3 is 15.0 Å². The molecule has 152 valence electrons. The highest BCUT2D eigenvalue weighted by atomic mass is 16.5. The van der Waals surface area contributed by atoms with Crippen LogP contribution in [0, 0.1) is 6.92 Å². The first-order valence-electron chi connectivity index (χ1n) is 9.61. The maximum Gasteiger partial charge on any atom is 0.325 e. The monoisotopic (exact) mass is 387 g/mol. The van der Waals surface area contributed by atoms with E-state index in [1.54, 1.807) is 6.92 Å². The molecule has 1 atom stereocenters. The van der Waals surface area contributed by atoms with Crippen molar-refractivity contribution in [2.75, 3.05) is 0 Å². The van der Waals surface area contributed by atoms with E-state index in [1.807, 2.05) is 45.0 Å². The number of hydrogen-bond acceptors (Lipinski definition) is 4. The van der Waals surface area contributed by atoms with E-state index in [9.17, 15) is 14.4 Å². The first-order chi connectivity index (χ1) is 13.2. The lowest BCUT2D eigenvalue weighted by Gasteiger charge is -2.14. The number of ether oxygens (including phenoxy) is 1. The van der Waals surface area contributed by atoms with Crippen molar-refractivity contribution >= 4 is 5.91 Å². The van der Waals surface area contributed by atoms with E-state index in [0.717, 1.165) is 18.6 Å². The van der Waals surface area contributed by atoms with Crippen molar-refractivity contribution in [3.63, 3.8) is 0 Å². The lowest BCUT2D eigenvalue weighted by Crippen LogP contribution is -2.34. The zero-order valence-electron chi connectivity index (χ0n) is 16.9. The van der Waals surface area contributed by atoms with Crippen molar-refractivity contribution in [3.05, 3.63) is 61.9 Å². The Hall–Kier alpha value is -2.83. The smallest absolute Gasteiger partial charge is 0.325 e. The first-order valence-corrected chi connectivity index (χ1v) is 9.61. The predicted molar refractivity (Wildman–Crippen MR) is 109 cm³/mol. The Morgan fingerprint density at radius 3 is 2.36 bits per heavy atom. The number of amides is 1. The third kappa shape index (κ3) is 6.72. The van der Waals surface area contributed by atoms with Gasteiger partial charge in [-0.15, -0.1) is 0 Å². The lowest BCUT2D eigenvalue weighted by molar-refractivity contribution is -0.121. The maximum absolute atomic E-state index is 12.2. The van der Waals surface area contributed by atoms with Crippen molar-refractivity contribution in [2.24, 2.45) is 0 Å². The Kier molecular flexibility index (Phi) is 7.61. The van der Waals surface area contributed by atoms with Crippen LogP contribution in [0.4, 0.5) is 0 Å². The van der Waals surface area contributed by atoms with Gasteiger partial charge >= 0.3 is 5.69 Å². The van der Waals surface area contributed by atoms with Crippen LogP contribution in [0.1, 0.15) is 50.4 Å². The number of hydrogen-bond donors (Lipinski definition) is 3. The molecule has 0 radical (unpaired) electrons. The Morgan fingerprint density at radius 2 is 1.75 bits per heavy atom. The summed E-state index contributed by atoms with van der Waals surface area (Å²) in [7, 11) is 0. The molecule has 0 spiro atoms. The molecule has 1 unspecified atom stereocenters. The van der Waals surface area contributed by atoms with Gasteiger partial charge in [-0.1, -0.05) is 12.1 Å². The summed E-state index contributed by atoms with van der Waals surface area (Å²) in [5, 5.41) is 2.96.